The first kappa shape index (κ1) is 22.4. The minimum Gasteiger partial charge on any atom is -0.301 e. The molecule has 1 aliphatic heterocycles. The van der Waals surface area contributed by atoms with E-state index in [1.54, 1.807) is 0 Å². The van der Waals surface area contributed by atoms with Gasteiger partial charge in [0.25, 0.3) is 0 Å². The second-order valence-corrected chi connectivity index (χ2v) is 6.56. The predicted molar refractivity (Wildman–Crippen MR) is 116 cm³/mol. The first-order chi connectivity index (χ1) is 12.7. The van der Waals surface area contributed by atoms with Gasteiger partial charge in [0.2, 0.25) is 0 Å². The quantitative estimate of drug-likeness (QED) is 0.682. The van der Waals surface area contributed by atoms with Crippen molar-refractivity contribution in [3.8, 4) is 0 Å². The van der Waals surface area contributed by atoms with Gasteiger partial charge in [0.15, 0.2) is 0 Å². The van der Waals surface area contributed by atoms with E-state index in [0.29, 0.717) is 18.1 Å². The molecular formula is C24H38N2. The Bertz CT molecular complexity index is 542. The van der Waals surface area contributed by atoms with Crippen molar-refractivity contribution >= 4 is 0 Å². The second-order valence-electron chi connectivity index (χ2n) is 6.56. The fourth-order valence-electron chi connectivity index (χ4n) is 3.53. The lowest BCUT2D eigenvalue weighted by Crippen LogP contribution is -2.55. The van der Waals surface area contributed by atoms with E-state index in [9.17, 15) is 0 Å². The Labute approximate surface area is 161 Å². The van der Waals surface area contributed by atoms with E-state index in [-0.39, 0.29) is 0 Å². The number of likely N-dealkylation sites (N-methyl/N-ethyl adjacent to an activating group) is 1. The van der Waals surface area contributed by atoms with Crippen LogP contribution >= 0.6 is 0 Å². The van der Waals surface area contributed by atoms with Crippen LogP contribution in [0, 0.1) is 0 Å². The third-order valence-corrected chi connectivity index (χ3v) is 4.91. The van der Waals surface area contributed by atoms with Gasteiger partial charge < -0.3 is 4.90 Å². The third kappa shape index (κ3) is 5.69. The Morgan fingerprint density at radius 1 is 0.692 bits per heavy atom. The van der Waals surface area contributed by atoms with Crippen LogP contribution in [0.15, 0.2) is 60.7 Å². The zero-order valence-electron chi connectivity index (χ0n) is 17.8. The van der Waals surface area contributed by atoms with Crippen LogP contribution in [0.2, 0.25) is 0 Å². The van der Waals surface area contributed by atoms with E-state index in [2.05, 4.69) is 91.4 Å². The molecule has 2 aromatic carbocycles. The maximum atomic E-state index is 2.66. The van der Waals surface area contributed by atoms with Gasteiger partial charge in [0.05, 0.1) is 6.04 Å². The fraction of sp³-hybridized carbons (Fsp3) is 0.500. The van der Waals surface area contributed by atoms with Gasteiger partial charge in [0.1, 0.15) is 0 Å². The summed E-state index contributed by atoms with van der Waals surface area (Å²) in [5.74, 6) is 0. The predicted octanol–water partition coefficient (Wildman–Crippen LogP) is 5.85. The summed E-state index contributed by atoms with van der Waals surface area (Å²) >= 11 is 0. The maximum absolute atomic E-state index is 2.66. The lowest BCUT2D eigenvalue weighted by atomic mass is 9.94. The minimum atomic E-state index is 0.341. The second kappa shape index (κ2) is 11.9. The molecule has 0 spiro atoms. The summed E-state index contributed by atoms with van der Waals surface area (Å²) < 4.78 is 0. The average Bonchev–Trinajstić information content (AvgIpc) is 2.71. The van der Waals surface area contributed by atoms with Crippen LogP contribution < -0.4 is 0 Å². The summed E-state index contributed by atoms with van der Waals surface area (Å²) in [6, 6.07) is 23.3. The Morgan fingerprint density at radius 2 is 1.12 bits per heavy atom. The summed E-state index contributed by atoms with van der Waals surface area (Å²) in [6.07, 6.45) is 0. The summed E-state index contributed by atoms with van der Waals surface area (Å²) in [4.78, 5) is 5.13. The molecule has 2 aromatic rings. The molecule has 2 unspecified atom stereocenters. The van der Waals surface area contributed by atoms with Crippen molar-refractivity contribution in [2.45, 2.75) is 59.7 Å². The number of nitrogens with zero attached hydrogens (tertiary/aromatic N) is 2. The van der Waals surface area contributed by atoms with E-state index in [0.717, 1.165) is 13.1 Å². The molecule has 1 saturated heterocycles. The highest BCUT2D eigenvalue weighted by Crippen LogP contribution is 2.32. The van der Waals surface area contributed by atoms with Crippen molar-refractivity contribution in [3.05, 3.63) is 71.8 Å². The molecule has 0 aromatic heterocycles. The van der Waals surface area contributed by atoms with Crippen LogP contribution in [0.4, 0.5) is 0 Å². The molecule has 0 N–H and O–H groups in total. The van der Waals surface area contributed by atoms with Gasteiger partial charge in [-0.15, -0.1) is 0 Å². The van der Waals surface area contributed by atoms with Crippen molar-refractivity contribution in [1.82, 2.24) is 9.80 Å². The van der Waals surface area contributed by atoms with Crippen molar-refractivity contribution in [3.63, 3.8) is 0 Å². The van der Waals surface area contributed by atoms with Crippen molar-refractivity contribution in [2.75, 3.05) is 20.1 Å². The molecule has 26 heavy (non-hydrogen) atoms. The van der Waals surface area contributed by atoms with E-state index in [1.165, 1.54) is 11.1 Å². The van der Waals surface area contributed by atoms with E-state index >= 15 is 0 Å². The number of piperazine rings is 1. The zero-order valence-corrected chi connectivity index (χ0v) is 17.8. The van der Waals surface area contributed by atoms with Gasteiger partial charge in [-0.25, -0.2) is 0 Å². The summed E-state index contributed by atoms with van der Waals surface area (Å²) in [6.45, 7) is 14.9. The minimum absolute atomic E-state index is 0.341. The molecule has 0 saturated carbocycles. The lowest BCUT2D eigenvalue weighted by molar-refractivity contribution is 0.0390. The van der Waals surface area contributed by atoms with E-state index < -0.39 is 0 Å². The monoisotopic (exact) mass is 354 g/mol. The van der Waals surface area contributed by atoms with Gasteiger partial charge in [-0.3, -0.25) is 4.90 Å². The Morgan fingerprint density at radius 3 is 1.54 bits per heavy atom. The molecule has 1 aliphatic rings. The summed E-state index contributed by atoms with van der Waals surface area (Å²) in [5.41, 5.74) is 2.77. The molecule has 2 atom stereocenters. The molecule has 2 heteroatoms. The highest BCUT2D eigenvalue weighted by atomic mass is 15.3. The lowest BCUT2D eigenvalue weighted by Gasteiger charge is -2.46. The molecule has 144 valence electrons. The van der Waals surface area contributed by atoms with Crippen molar-refractivity contribution in [1.29, 1.82) is 0 Å². The highest BCUT2D eigenvalue weighted by Gasteiger charge is 2.33. The molecular weight excluding hydrogens is 316 g/mol. The molecule has 0 bridgehead atoms. The van der Waals surface area contributed by atoms with Crippen molar-refractivity contribution < 1.29 is 0 Å². The van der Waals surface area contributed by atoms with Crippen LogP contribution in [0.1, 0.15) is 58.7 Å². The van der Waals surface area contributed by atoms with Crippen LogP contribution in [-0.4, -0.2) is 42.0 Å². The average molecular weight is 355 g/mol. The Kier molecular flexibility index (Phi) is 10.2. The summed E-state index contributed by atoms with van der Waals surface area (Å²) in [5, 5.41) is 0. The van der Waals surface area contributed by atoms with Gasteiger partial charge in [-0.2, -0.15) is 0 Å². The van der Waals surface area contributed by atoms with E-state index in [4.69, 9.17) is 0 Å². The smallest absolute Gasteiger partial charge is 0.0605 e. The van der Waals surface area contributed by atoms with Crippen LogP contribution in [0.25, 0.3) is 0 Å². The molecule has 3 rings (SSSR count). The molecule has 0 amide bonds. The zero-order chi connectivity index (χ0) is 19.5. The standard InChI is InChI=1S/C20H26N2.2C2H6/c1-16-15-22(17(2)14-21(16)3)20(18-10-6-4-7-11-18)19-12-8-5-9-13-19;2*1-2/h4-13,16-17,20H,14-15H2,1-3H3;2*1-2H3. The van der Waals surface area contributed by atoms with Gasteiger partial charge in [-0.1, -0.05) is 88.4 Å². The third-order valence-electron chi connectivity index (χ3n) is 4.91. The Balaban J connectivity index is 0.000000791. The number of hydrogen-bond donors (Lipinski definition) is 0. The molecule has 0 radical (unpaired) electrons. The molecule has 0 aliphatic carbocycles. The Hall–Kier alpha value is -1.64. The van der Waals surface area contributed by atoms with Crippen LogP contribution in [0.3, 0.4) is 0 Å². The van der Waals surface area contributed by atoms with Gasteiger partial charge in [0, 0.05) is 25.2 Å². The van der Waals surface area contributed by atoms with Gasteiger partial charge >= 0.3 is 0 Å². The number of rotatable bonds is 3. The van der Waals surface area contributed by atoms with E-state index in [1.807, 2.05) is 27.7 Å². The number of benzene rings is 2. The summed E-state index contributed by atoms with van der Waals surface area (Å²) in [7, 11) is 2.23. The van der Waals surface area contributed by atoms with Crippen LogP contribution in [0.5, 0.6) is 0 Å². The van der Waals surface area contributed by atoms with Crippen LogP contribution in [-0.2, 0) is 0 Å². The number of hydrogen-bond acceptors (Lipinski definition) is 2. The highest BCUT2D eigenvalue weighted by molar-refractivity contribution is 5.32. The molecule has 1 heterocycles. The first-order valence-electron chi connectivity index (χ1n) is 10.2. The van der Waals surface area contributed by atoms with Gasteiger partial charge in [-0.05, 0) is 32.0 Å². The maximum Gasteiger partial charge on any atom is 0.0605 e. The normalized spacial score (nSPS) is 20.6. The SMILES string of the molecule is CC.CC.CC1CN(C(c2ccccc2)c2ccccc2)C(C)CN1C. The topological polar surface area (TPSA) is 6.48 Å². The fourth-order valence-corrected chi connectivity index (χ4v) is 3.53. The molecule has 1 fully saturated rings. The largest absolute Gasteiger partial charge is 0.301 e. The van der Waals surface area contributed by atoms with Crippen molar-refractivity contribution in [2.24, 2.45) is 0 Å². The molecule has 2 nitrogen and oxygen atoms in total. The first-order valence-corrected chi connectivity index (χ1v) is 10.2.